The molecule has 1 saturated heterocycles. The average Bonchev–Trinajstić information content (AvgIpc) is 2.69. The van der Waals surface area contributed by atoms with E-state index in [0.717, 1.165) is 31.5 Å². The van der Waals surface area contributed by atoms with Crippen LogP contribution in [0.2, 0.25) is 0 Å². The molecule has 0 bridgehead atoms. The van der Waals surface area contributed by atoms with Crippen LogP contribution in [-0.2, 0) is 6.54 Å². The number of nitrogens with zero attached hydrogens (tertiary/aromatic N) is 3. The van der Waals surface area contributed by atoms with Gasteiger partial charge in [-0.15, -0.1) is 0 Å². The Morgan fingerprint density at radius 2 is 2.44 bits per heavy atom. The van der Waals surface area contributed by atoms with Gasteiger partial charge in [0.15, 0.2) is 0 Å². The van der Waals surface area contributed by atoms with Gasteiger partial charge in [-0.25, -0.2) is 9.97 Å². The van der Waals surface area contributed by atoms with Crippen molar-refractivity contribution in [2.75, 3.05) is 13.1 Å². The molecule has 0 saturated carbocycles. The number of carbonyl (C=O) groups excluding carboxylic acids is 1. The first-order valence-electron chi connectivity index (χ1n) is 5.67. The molecule has 0 spiro atoms. The van der Waals surface area contributed by atoms with E-state index in [0.29, 0.717) is 18.3 Å². The minimum absolute atomic E-state index is 0.0612. The molecule has 16 heavy (non-hydrogen) atoms. The molecular weight excluding hydrogens is 204 g/mol. The van der Waals surface area contributed by atoms with E-state index in [4.69, 9.17) is 0 Å². The minimum atomic E-state index is 0.0612. The van der Waals surface area contributed by atoms with Crippen LogP contribution in [-0.4, -0.2) is 39.9 Å². The fourth-order valence-electron chi connectivity index (χ4n) is 2.45. The molecule has 2 aliphatic rings. The number of amides is 1. The van der Waals surface area contributed by atoms with E-state index < -0.39 is 0 Å². The Kier molecular flexibility index (Phi) is 2.32. The highest BCUT2D eigenvalue weighted by molar-refractivity contribution is 5.96. The summed E-state index contributed by atoms with van der Waals surface area (Å²) in [6, 6.07) is 0.315. The standard InChI is InChI=1S/C11H14N4O/c16-11-10-8(4-13-7-14-10)6-15(11)9-2-1-3-12-5-9/h4,7,9,12H,1-3,5-6H2/t9-/m0/s1. The predicted molar refractivity (Wildman–Crippen MR) is 57.8 cm³/mol. The third-order valence-corrected chi connectivity index (χ3v) is 3.30. The van der Waals surface area contributed by atoms with Crippen molar-refractivity contribution in [3.8, 4) is 0 Å². The van der Waals surface area contributed by atoms with Crippen molar-refractivity contribution in [3.63, 3.8) is 0 Å². The zero-order valence-corrected chi connectivity index (χ0v) is 9.02. The van der Waals surface area contributed by atoms with E-state index >= 15 is 0 Å². The lowest BCUT2D eigenvalue weighted by Crippen LogP contribution is -2.46. The van der Waals surface area contributed by atoms with Gasteiger partial charge in [-0.05, 0) is 19.4 Å². The topological polar surface area (TPSA) is 58.1 Å². The van der Waals surface area contributed by atoms with Crippen molar-refractivity contribution in [2.24, 2.45) is 0 Å². The van der Waals surface area contributed by atoms with Gasteiger partial charge in [-0.3, -0.25) is 4.79 Å². The quantitative estimate of drug-likeness (QED) is 0.730. The van der Waals surface area contributed by atoms with Crippen LogP contribution in [0.4, 0.5) is 0 Å². The van der Waals surface area contributed by atoms with Crippen LogP contribution >= 0.6 is 0 Å². The molecule has 0 unspecified atom stereocenters. The molecule has 1 amide bonds. The molecule has 3 heterocycles. The Hall–Kier alpha value is -1.49. The van der Waals surface area contributed by atoms with Crippen LogP contribution in [0.15, 0.2) is 12.5 Å². The van der Waals surface area contributed by atoms with E-state index in [2.05, 4.69) is 15.3 Å². The van der Waals surface area contributed by atoms with E-state index in [9.17, 15) is 4.79 Å². The van der Waals surface area contributed by atoms with Gasteiger partial charge < -0.3 is 10.2 Å². The van der Waals surface area contributed by atoms with E-state index in [-0.39, 0.29) is 5.91 Å². The van der Waals surface area contributed by atoms with Gasteiger partial charge in [0.05, 0.1) is 6.54 Å². The summed E-state index contributed by atoms with van der Waals surface area (Å²) in [5.74, 6) is 0.0612. The second kappa shape index (κ2) is 3.83. The molecular formula is C11H14N4O. The van der Waals surface area contributed by atoms with Crippen molar-refractivity contribution < 1.29 is 4.79 Å². The molecule has 2 aliphatic heterocycles. The first kappa shape index (κ1) is 9.72. The SMILES string of the molecule is O=C1c2ncncc2CN1[C@H]1CCCNC1. The van der Waals surface area contributed by atoms with Gasteiger partial charge in [-0.1, -0.05) is 0 Å². The van der Waals surface area contributed by atoms with Gasteiger partial charge in [0.2, 0.25) is 0 Å². The fraction of sp³-hybridized carbons (Fsp3) is 0.545. The number of hydrogen-bond donors (Lipinski definition) is 1. The highest BCUT2D eigenvalue weighted by Crippen LogP contribution is 2.24. The van der Waals surface area contributed by atoms with E-state index in [1.54, 1.807) is 6.20 Å². The van der Waals surface area contributed by atoms with Gasteiger partial charge in [0, 0.05) is 24.3 Å². The minimum Gasteiger partial charge on any atom is -0.329 e. The fourth-order valence-corrected chi connectivity index (χ4v) is 2.45. The Balaban J connectivity index is 1.83. The molecule has 5 heteroatoms. The number of carbonyl (C=O) groups is 1. The number of piperidine rings is 1. The van der Waals surface area contributed by atoms with Crippen LogP contribution in [0.25, 0.3) is 0 Å². The molecule has 84 valence electrons. The van der Waals surface area contributed by atoms with Crippen molar-refractivity contribution in [1.29, 1.82) is 0 Å². The molecule has 0 aromatic carbocycles. The highest BCUT2D eigenvalue weighted by Gasteiger charge is 2.34. The summed E-state index contributed by atoms with van der Waals surface area (Å²) in [7, 11) is 0. The van der Waals surface area contributed by atoms with Gasteiger partial charge >= 0.3 is 0 Å². The molecule has 1 atom stereocenters. The van der Waals surface area contributed by atoms with Crippen molar-refractivity contribution >= 4 is 5.91 Å². The van der Waals surface area contributed by atoms with E-state index in [1.807, 2.05) is 4.90 Å². The van der Waals surface area contributed by atoms with Crippen LogP contribution in [0.5, 0.6) is 0 Å². The number of hydrogen-bond acceptors (Lipinski definition) is 4. The summed E-state index contributed by atoms with van der Waals surface area (Å²) in [6.45, 7) is 2.62. The zero-order valence-electron chi connectivity index (χ0n) is 9.02. The van der Waals surface area contributed by atoms with Crippen LogP contribution in [0, 0.1) is 0 Å². The lowest BCUT2D eigenvalue weighted by Gasteiger charge is -2.31. The van der Waals surface area contributed by atoms with Gasteiger partial charge in [-0.2, -0.15) is 0 Å². The maximum atomic E-state index is 12.1. The summed E-state index contributed by atoms with van der Waals surface area (Å²) < 4.78 is 0. The predicted octanol–water partition coefficient (Wildman–Crippen LogP) is 0.184. The molecule has 1 aromatic heterocycles. The molecule has 0 aliphatic carbocycles. The third kappa shape index (κ3) is 1.48. The summed E-state index contributed by atoms with van der Waals surface area (Å²) in [5, 5.41) is 3.33. The monoisotopic (exact) mass is 218 g/mol. The van der Waals surface area contributed by atoms with Crippen LogP contribution < -0.4 is 5.32 Å². The molecule has 1 aromatic rings. The summed E-state index contributed by atoms with van der Waals surface area (Å²) in [4.78, 5) is 22.1. The molecule has 1 N–H and O–H groups in total. The first-order valence-corrected chi connectivity index (χ1v) is 5.67. The number of nitrogens with one attached hydrogen (secondary N) is 1. The summed E-state index contributed by atoms with van der Waals surface area (Å²) in [5.41, 5.74) is 1.54. The van der Waals surface area contributed by atoms with Crippen LogP contribution in [0.1, 0.15) is 28.9 Å². The van der Waals surface area contributed by atoms with Crippen molar-refractivity contribution in [2.45, 2.75) is 25.4 Å². The normalized spacial score (nSPS) is 24.6. The van der Waals surface area contributed by atoms with Crippen LogP contribution in [0.3, 0.4) is 0 Å². The molecule has 1 fully saturated rings. The molecule has 5 nitrogen and oxygen atoms in total. The highest BCUT2D eigenvalue weighted by atomic mass is 16.2. The summed E-state index contributed by atoms with van der Waals surface area (Å²) in [6.07, 6.45) is 5.41. The Morgan fingerprint density at radius 1 is 1.50 bits per heavy atom. The third-order valence-electron chi connectivity index (χ3n) is 3.30. The van der Waals surface area contributed by atoms with E-state index in [1.165, 1.54) is 6.33 Å². The lowest BCUT2D eigenvalue weighted by atomic mass is 10.1. The maximum absolute atomic E-state index is 12.1. The Bertz CT molecular complexity index is 414. The maximum Gasteiger partial charge on any atom is 0.273 e. The van der Waals surface area contributed by atoms with Crippen molar-refractivity contribution in [3.05, 3.63) is 23.8 Å². The second-order valence-corrected chi connectivity index (χ2v) is 4.33. The molecule has 0 radical (unpaired) electrons. The number of fused-ring (bicyclic) bond motifs is 1. The second-order valence-electron chi connectivity index (χ2n) is 4.33. The smallest absolute Gasteiger partial charge is 0.273 e. The lowest BCUT2D eigenvalue weighted by molar-refractivity contribution is 0.0670. The Labute approximate surface area is 93.9 Å². The molecule has 3 rings (SSSR count). The summed E-state index contributed by atoms with van der Waals surface area (Å²) >= 11 is 0. The largest absolute Gasteiger partial charge is 0.329 e. The van der Waals surface area contributed by atoms with Gasteiger partial charge in [0.1, 0.15) is 12.0 Å². The number of rotatable bonds is 1. The van der Waals surface area contributed by atoms with Crippen molar-refractivity contribution in [1.82, 2.24) is 20.2 Å². The average molecular weight is 218 g/mol. The Morgan fingerprint density at radius 3 is 3.19 bits per heavy atom. The van der Waals surface area contributed by atoms with Gasteiger partial charge in [0.25, 0.3) is 5.91 Å². The zero-order chi connectivity index (χ0) is 11.0. The number of aromatic nitrogens is 2. The first-order chi connectivity index (χ1) is 7.86.